The molecule has 0 aliphatic carbocycles. The van der Waals surface area contributed by atoms with Gasteiger partial charge in [0.1, 0.15) is 0 Å². The molecule has 15 heavy (non-hydrogen) atoms. The smallest absolute Gasteiger partial charge is 0.151 e. The average molecular weight is 227 g/mol. The summed E-state index contributed by atoms with van der Waals surface area (Å²) in [7, 11) is -3.01. The van der Waals surface area contributed by atoms with Gasteiger partial charge in [0.05, 0.1) is 5.75 Å². The Bertz CT molecular complexity index is 426. The Kier molecular flexibility index (Phi) is 3.88. The van der Waals surface area contributed by atoms with E-state index < -0.39 is 15.9 Å². The molecule has 1 aromatic rings. The molecule has 3 nitrogen and oxygen atoms in total. The van der Waals surface area contributed by atoms with E-state index in [1.165, 1.54) is 0 Å². The quantitative estimate of drug-likeness (QED) is 0.846. The number of sulfone groups is 1. The van der Waals surface area contributed by atoms with Crippen LogP contribution in [-0.4, -0.2) is 19.9 Å². The Morgan fingerprint density at radius 2 is 1.93 bits per heavy atom. The van der Waals surface area contributed by atoms with Crippen molar-refractivity contribution in [3.63, 3.8) is 0 Å². The first-order valence-corrected chi connectivity index (χ1v) is 6.80. The average Bonchev–Trinajstić information content (AvgIpc) is 2.17. The monoisotopic (exact) mass is 227 g/mol. The van der Waals surface area contributed by atoms with E-state index in [9.17, 15) is 8.42 Å². The molecule has 0 amide bonds. The van der Waals surface area contributed by atoms with Crippen LogP contribution in [0.1, 0.15) is 24.1 Å². The van der Waals surface area contributed by atoms with Crippen LogP contribution in [0.3, 0.4) is 0 Å². The van der Waals surface area contributed by atoms with Gasteiger partial charge in [0.15, 0.2) is 9.84 Å². The number of hydrogen-bond donors (Lipinski definition) is 1. The van der Waals surface area contributed by atoms with E-state index in [0.717, 1.165) is 11.1 Å². The highest BCUT2D eigenvalue weighted by Crippen LogP contribution is 2.16. The zero-order valence-corrected chi connectivity index (χ0v) is 9.92. The molecule has 0 bridgehead atoms. The van der Waals surface area contributed by atoms with Gasteiger partial charge in [0.2, 0.25) is 0 Å². The molecular weight excluding hydrogens is 210 g/mol. The SMILES string of the molecule is CCS(=O)(=O)CC(N)c1ccccc1C. The molecule has 0 aliphatic rings. The Morgan fingerprint density at radius 3 is 2.47 bits per heavy atom. The third kappa shape index (κ3) is 3.32. The third-order valence-electron chi connectivity index (χ3n) is 2.46. The molecule has 0 radical (unpaired) electrons. The molecule has 0 spiro atoms. The summed E-state index contributed by atoms with van der Waals surface area (Å²) in [6, 6.07) is 7.19. The molecule has 0 saturated heterocycles. The molecule has 0 saturated carbocycles. The van der Waals surface area contributed by atoms with E-state index in [4.69, 9.17) is 5.73 Å². The van der Waals surface area contributed by atoms with E-state index in [1.807, 2.05) is 31.2 Å². The molecule has 4 heteroatoms. The van der Waals surface area contributed by atoms with E-state index in [2.05, 4.69) is 0 Å². The molecule has 0 aromatic heterocycles. The third-order valence-corrected chi connectivity index (χ3v) is 4.21. The summed E-state index contributed by atoms with van der Waals surface area (Å²) in [5.74, 6) is 0.168. The van der Waals surface area contributed by atoms with Gasteiger partial charge in [-0.1, -0.05) is 31.2 Å². The predicted molar refractivity (Wildman–Crippen MR) is 62.4 cm³/mol. The second kappa shape index (κ2) is 4.77. The van der Waals surface area contributed by atoms with Gasteiger partial charge in [-0.05, 0) is 18.1 Å². The van der Waals surface area contributed by atoms with Gasteiger partial charge in [-0.25, -0.2) is 8.42 Å². The van der Waals surface area contributed by atoms with Crippen LogP contribution >= 0.6 is 0 Å². The lowest BCUT2D eigenvalue weighted by Crippen LogP contribution is -2.23. The first kappa shape index (κ1) is 12.2. The summed E-state index contributed by atoms with van der Waals surface area (Å²) in [5.41, 5.74) is 7.83. The minimum absolute atomic E-state index is 0.0222. The predicted octanol–water partition coefficient (Wildman–Crippen LogP) is 1.43. The number of aryl methyl sites for hydroxylation is 1. The van der Waals surface area contributed by atoms with Gasteiger partial charge in [-0.15, -0.1) is 0 Å². The van der Waals surface area contributed by atoms with Gasteiger partial charge in [-0.2, -0.15) is 0 Å². The zero-order valence-electron chi connectivity index (χ0n) is 9.10. The lowest BCUT2D eigenvalue weighted by molar-refractivity contribution is 0.590. The minimum atomic E-state index is -3.01. The van der Waals surface area contributed by atoms with Crippen molar-refractivity contribution in [2.24, 2.45) is 5.73 Å². The molecule has 0 heterocycles. The van der Waals surface area contributed by atoms with Crippen molar-refractivity contribution in [2.45, 2.75) is 19.9 Å². The van der Waals surface area contributed by atoms with Crippen molar-refractivity contribution in [1.29, 1.82) is 0 Å². The van der Waals surface area contributed by atoms with E-state index in [1.54, 1.807) is 6.92 Å². The van der Waals surface area contributed by atoms with Crippen LogP contribution in [0.15, 0.2) is 24.3 Å². The fraction of sp³-hybridized carbons (Fsp3) is 0.455. The largest absolute Gasteiger partial charge is 0.323 e. The normalized spacial score (nSPS) is 13.8. The first-order chi connectivity index (χ1) is 6.96. The van der Waals surface area contributed by atoms with Crippen LogP contribution in [0.25, 0.3) is 0 Å². The Hall–Kier alpha value is -0.870. The maximum atomic E-state index is 11.4. The fourth-order valence-corrected chi connectivity index (χ4v) is 2.45. The Morgan fingerprint density at radius 1 is 1.33 bits per heavy atom. The lowest BCUT2D eigenvalue weighted by Gasteiger charge is -2.14. The van der Waals surface area contributed by atoms with E-state index in [-0.39, 0.29) is 11.5 Å². The van der Waals surface area contributed by atoms with Crippen LogP contribution < -0.4 is 5.73 Å². The van der Waals surface area contributed by atoms with Crippen LogP contribution in [0, 0.1) is 6.92 Å². The number of benzene rings is 1. The zero-order chi connectivity index (χ0) is 11.5. The van der Waals surface area contributed by atoms with Crippen LogP contribution in [0.2, 0.25) is 0 Å². The van der Waals surface area contributed by atoms with Crippen molar-refractivity contribution >= 4 is 9.84 Å². The molecule has 2 N–H and O–H groups in total. The molecule has 0 aliphatic heterocycles. The highest BCUT2D eigenvalue weighted by atomic mass is 32.2. The van der Waals surface area contributed by atoms with Crippen molar-refractivity contribution in [2.75, 3.05) is 11.5 Å². The highest BCUT2D eigenvalue weighted by Gasteiger charge is 2.16. The van der Waals surface area contributed by atoms with Crippen molar-refractivity contribution in [3.05, 3.63) is 35.4 Å². The minimum Gasteiger partial charge on any atom is -0.323 e. The fourth-order valence-electron chi connectivity index (χ4n) is 1.48. The molecule has 1 unspecified atom stereocenters. The Balaban J connectivity index is 2.87. The second-order valence-corrected chi connectivity index (χ2v) is 6.06. The second-order valence-electron chi connectivity index (χ2n) is 3.66. The summed E-state index contributed by atoms with van der Waals surface area (Å²) in [6.45, 7) is 3.58. The highest BCUT2D eigenvalue weighted by molar-refractivity contribution is 7.91. The maximum Gasteiger partial charge on any atom is 0.151 e. The van der Waals surface area contributed by atoms with Gasteiger partial charge >= 0.3 is 0 Å². The van der Waals surface area contributed by atoms with Crippen LogP contribution in [-0.2, 0) is 9.84 Å². The summed E-state index contributed by atoms with van der Waals surface area (Å²) in [5, 5.41) is 0. The summed E-state index contributed by atoms with van der Waals surface area (Å²) in [4.78, 5) is 0. The molecule has 1 rings (SSSR count). The topological polar surface area (TPSA) is 60.2 Å². The van der Waals surface area contributed by atoms with Crippen molar-refractivity contribution in [3.8, 4) is 0 Å². The van der Waals surface area contributed by atoms with E-state index in [0.29, 0.717) is 0 Å². The van der Waals surface area contributed by atoms with Crippen molar-refractivity contribution in [1.82, 2.24) is 0 Å². The molecule has 84 valence electrons. The lowest BCUT2D eigenvalue weighted by atomic mass is 10.0. The summed E-state index contributed by atoms with van der Waals surface area (Å²) < 4.78 is 22.8. The molecule has 0 fully saturated rings. The molecule has 1 atom stereocenters. The Labute approximate surface area is 91.2 Å². The standard InChI is InChI=1S/C11H17NO2S/c1-3-15(13,14)8-11(12)10-7-5-4-6-9(10)2/h4-7,11H,3,8,12H2,1-2H3. The van der Waals surface area contributed by atoms with Crippen LogP contribution in [0.4, 0.5) is 0 Å². The van der Waals surface area contributed by atoms with Gasteiger partial charge in [-0.3, -0.25) is 0 Å². The summed E-state index contributed by atoms with van der Waals surface area (Å²) in [6.07, 6.45) is 0. The van der Waals surface area contributed by atoms with Crippen molar-refractivity contribution < 1.29 is 8.42 Å². The first-order valence-electron chi connectivity index (χ1n) is 4.98. The van der Waals surface area contributed by atoms with Gasteiger partial charge in [0.25, 0.3) is 0 Å². The van der Waals surface area contributed by atoms with E-state index >= 15 is 0 Å². The summed E-state index contributed by atoms with van der Waals surface area (Å²) >= 11 is 0. The molecular formula is C11H17NO2S. The number of nitrogens with two attached hydrogens (primary N) is 1. The van der Waals surface area contributed by atoms with Crippen LogP contribution in [0.5, 0.6) is 0 Å². The van der Waals surface area contributed by atoms with Gasteiger partial charge in [0, 0.05) is 11.8 Å². The maximum absolute atomic E-state index is 11.4. The number of hydrogen-bond acceptors (Lipinski definition) is 3. The molecule has 1 aromatic carbocycles. The van der Waals surface area contributed by atoms with Gasteiger partial charge < -0.3 is 5.73 Å². The number of rotatable bonds is 4.